The first-order valence-corrected chi connectivity index (χ1v) is 9.56. The lowest BCUT2D eigenvalue weighted by molar-refractivity contribution is -0.135. The van der Waals surface area contributed by atoms with E-state index in [9.17, 15) is 17.6 Å². The Morgan fingerprint density at radius 1 is 1.36 bits per heavy atom. The Morgan fingerprint density at radius 2 is 2.00 bits per heavy atom. The highest BCUT2D eigenvalue weighted by Gasteiger charge is 2.28. The number of hydrogen-bond acceptors (Lipinski definition) is 4. The van der Waals surface area contributed by atoms with Crippen molar-refractivity contribution in [2.45, 2.75) is 37.1 Å². The van der Waals surface area contributed by atoms with Crippen LogP contribution in [-0.2, 0) is 14.8 Å². The number of likely N-dealkylation sites (tertiary alicyclic amines) is 1. The van der Waals surface area contributed by atoms with Crippen LogP contribution in [-0.4, -0.2) is 44.9 Å². The second-order valence-electron chi connectivity index (χ2n) is 6.21. The van der Waals surface area contributed by atoms with Crippen LogP contribution >= 0.6 is 12.4 Å². The summed E-state index contributed by atoms with van der Waals surface area (Å²) in [5.41, 5.74) is 5.74. The predicted molar refractivity (Wildman–Crippen MR) is 96.4 cm³/mol. The molecule has 142 valence electrons. The van der Waals surface area contributed by atoms with E-state index in [1.54, 1.807) is 4.90 Å². The molecular weight excluding hydrogens is 369 g/mol. The molecule has 1 fully saturated rings. The third kappa shape index (κ3) is 5.91. The number of carbonyl (C=O) groups is 1. The zero-order chi connectivity index (χ0) is 17.7. The highest BCUT2D eigenvalue weighted by atomic mass is 35.5. The van der Waals surface area contributed by atoms with E-state index < -0.39 is 15.8 Å². The van der Waals surface area contributed by atoms with Crippen LogP contribution in [0.4, 0.5) is 4.39 Å². The average Bonchev–Trinajstić information content (AvgIpc) is 2.54. The van der Waals surface area contributed by atoms with Crippen molar-refractivity contribution < 1.29 is 17.6 Å². The summed E-state index contributed by atoms with van der Waals surface area (Å²) >= 11 is 0. The van der Waals surface area contributed by atoms with Crippen LogP contribution in [0.25, 0.3) is 0 Å². The number of carbonyl (C=O) groups excluding carboxylic acids is 1. The summed E-state index contributed by atoms with van der Waals surface area (Å²) in [7, 11) is -3.74. The number of piperidine rings is 1. The van der Waals surface area contributed by atoms with Crippen LogP contribution in [0, 0.1) is 11.7 Å². The van der Waals surface area contributed by atoms with Crippen LogP contribution in [0.5, 0.6) is 0 Å². The van der Waals surface area contributed by atoms with Crippen molar-refractivity contribution >= 4 is 28.3 Å². The summed E-state index contributed by atoms with van der Waals surface area (Å²) in [5.74, 6) is -0.0602. The van der Waals surface area contributed by atoms with Crippen molar-refractivity contribution in [3.8, 4) is 0 Å². The Hall–Kier alpha value is -1.22. The number of nitrogens with two attached hydrogens (primary N) is 1. The van der Waals surface area contributed by atoms with E-state index in [1.807, 2.05) is 0 Å². The van der Waals surface area contributed by atoms with Crippen molar-refractivity contribution in [3.63, 3.8) is 0 Å². The minimum Gasteiger partial charge on any atom is -0.338 e. The van der Waals surface area contributed by atoms with Gasteiger partial charge in [0.15, 0.2) is 0 Å². The maximum atomic E-state index is 12.9. The minimum absolute atomic E-state index is 0. The number of rotatable bonds is 6. The van der Waals surface area contributed by atoms with Crippen molar-refractivity contribution in [1.29, 1.82) is 0 Å². The van der Waals surface area contributed by atoms with Crippen LogP contribution in [0.1, 0.15) is 26.2 Å². The van der Waals surface area contributed by atoms with Crippen molar-refractivity contribution in [1.82, 2.24) is 9.62 Å². The SMILES string of the molecule is CC1CCN(C(=O)CCNS(=O)(=O)c2ccc(F)cc2)C(CN)C1.Cl. The van der Waals surface area contributed by atoms with Gasteiger partial charge < -0.3 is 10.6 Å². The van der Waals surface area contributed by atoms with Crippen molar-refractivity contribution in [3.05, 3.63) is 30.1 Å². The standard InChI is InChI=1S/C16H24FN3O3S.ClH/c1-12-7-9-20(14(10-12)11-18)16(21)6-8-19-24(22,23)15-4-2-13(17)3-5-15;/h2-5,12,14,19H,6-11,18H2,1H3;1H. The Kier molecular flexibility index (Phi) is 8.27. The van der Waals surface area contributed by atoms with Crippen molar-refractivity contribution in [2.75, 3.05) is 19.6 Å². The van der Waals surface area contributed by atoms with Crippen LogP contribution in [0.3, 0.4) is 0 Å². The number of benzene rings is 1. The minimum atomic E-state index is -3.74. The molecule has 1 aliphatic heterocycles. The molecule has 1 heterocycles. The first kappa shape index (κ1) is 21.8. The predicted octanol–water partition coefficient (Wildman–Crippen LogP) is 1.50. The molecule has 2 unspecified atom stereocenters. The number of sulfonamides is 1. The van der Waals surface area contributed by atoms with Gasteiger partial charge in [0, 0.05) is 32.1 Å². The molecule has 0 bridgehead atoms. The highest BCUT2D eigenvalue weighted by Crippen LogP contribution is 2.22. The molecule has 0 aliphatic carbocycles. The molecule has 0 saturated carbocycles. The van der Waals surface area contributed by atoms with Crippen LogP contribution in [0.2, 0.25) is 0 Å². The first-order valence-electron chi connectivity index (χ1n) is 8.08. The molecule has 9 heteroatoms. The van der Waals surface area contributed by atoms with E-state index in [4.69, 9.17) is 5.73 Å². The quantitative estimate of drug-likeness (QED) is 0.766. The van der Waals surface area contributed by atoms with E-state index in [-0.39, 0.29) is 42.2 Å². The van der Waals surface area contributed by atoms with Gasteiger partial charge in [0.25, 0.3) is 0 Å². The topological polar surface area (TPSA) is 92.5 Å². The Balaban J connectivity index is 0.00000312. The van der Waals surface area contributed by atoms with Crippen LogP contribution in [0.15, 0.2) is 29.2 Å². The van der Waals surface area contributed by atoms with E-state index in [0.29, 0.717) is 19.0 Å². The second-order valence-corrected chi connectivity index (χ2v) is 7.97. The maximum absolute atomic E-state index is 12.9. The molecule has 0 aromatic heterocycles. The molecule has 0 spiro atoms. The van der Waals surface area contributed by atoms with Gasteiger partial charge in [0.05, 0.1) is 4.90 Å². The van der Waals surface area contributed by atoms with E-state index in [2.05, 4.69) is 11.6 Å². The second kappa shape index (κ2) is 9.47. The first-order chi connectivity index (χ1) is 11.3. The van der Waals surface area contributed by atoms with E-state index in [1.165, 1.54) is 12.1 Å². The Labute approximate surface area is 154 Å². The van der Waals surface area contributed by atoms with E-state index in [0.717, 1.165) is 25.0 Å². The van der Waals surface area contributed by atoms with Crippen LogP contribution < -0.4 is 10.5 Å². The number of nitrogens with one attached hydrogen (secondary N) is 1. The van der Waals surface area contributed by atoms with Gasteiger partial charge in [-0.3, -0.25) is 4.79 Å². The summed E-state index contributed by atoms with van der Waals surface area (Å²) in [6, 6.07) is 4.57. The number of hydrogen-bond donors (Lipinski definition) is 2. The normalized spacial score (nSPS) is 20.8. The summed E-state index contributed by atoms with van der Waals surface area (Å²) in [5, 5.41) is 0. The molecule has 1 amide bonds. The molecule has 0 radical (unpaired) electrons. The Morgan fingerprint density at radius 3 is 2.60 bits per heavy atom. The monoisotopic (exact) mass is 393 g/mol. The average molecular weight is 394 g/mol. The van der Waals surface area contributed by atoms with Crippen molar-refractivity contribution in [2.24, 2.45) is 11.7 Å². The molecule has 6 nitrogen and oxygen atoms in total. The molecule has 1 aromatic carbocycles. The zero-order valence-corrected chi connectivity index (χ0v) is 15.8. The lowest BCUT2D eigenvalue weighted by Crippen LogP contribution is -2.49. The summed E-state index contributed by atoms with van der Waals surface area (Å²) < 4.78 is 39.4. The van der Waals surface area contributed by atoms with Gasteiger partial charge in [-0.15, -0.1) is 12.4 Å². The van der Waals surface area contributed by atoms with Gasteiger partial charge in [-0.1, -0.05) is 6.92 Å². The summed E-state index contributed by atoms with van der Waals surface area (Å²) in [6.45, 7) is 3.22. The molecule has 1 aliphatic rings. The lowest BCUT2D eigenvalue weighted by Gasteiger charge is -2.38. The smallest absolute Gasteiger partial charge is 0.240 e. The molecule has 1 aromatic rings. The molecule has 2 rings (SSSR count). The summed E-state index contributed by atoms with van der Waals surface area (Å²) in [6.07, 6.45) is 1.89. The van der Waals surface area contributed by atoms with Gasteiger partial charge in [0.1, 0.15) is 5.82 Å². The molecule has 1 saturated heterocycles. The van der Waals surface area contributed by atoms with Gasteiger partial charge in [0.2, 0.25) is 15.9 Å². The third-order valence-corrected chi connectivity index (χ3v) is 5.80. The van der Waals surface area contributed by atoms with Gasteiger partial charge in [-0.2, -0.15) is 0 Å². The molecular formula is C16H25ClFN3O3S. The zero-order valence-electron chi connectivity index (χ0n) is 14.2. The third-order valence-electron chi connectivity index (χ3n) is 4.33. The summed E-state index contributed by atoms with van der Waals surface area (Å²) in [4.78, 5) is 14.1. The highest BCUT2D eigenvalue weighted by molar-refractivity contribution is 7.89. The fourth-order valence-corrected chi connectivity index (χ4v) is 3.97. The largest absolute Gasteiger partial charge is 0.338 e. The number of nitrogens with zero attached hydrogens (tertiary/aromatic N) is 1. The van der Waals surface area contributed by atoms with Gasteiger partial charge >= 0.3 is 0 Å². The molecule has 25 heavy (non-hydrogen) atoms. The van der Waals surface area contributed by atoms with E-state index >= 15 is 0 Å². The number of amides is 1. The fraction of sp³-hybridized carbons (Fsp3) is 0.562. The van der Waals surface area contributed by atoms with Gasteiger partial charge in [-0.05, 0) is 43.0 Å². The van der Waals surface area contributed by atoms with Gasteiger partial charge in [-0.25, -0.2) is 17.5 Å². The molecule has 2 atom stereocenters. The Bertz CT molecular complexity index is 670. The lowest BCUT2D eigenvalue weighted by atomic mass is 9.92. The molecule has 3 N–H and O–H groups in total. The maximum Gasteiger partial charge on any atom is 0.240 e. The fourth-order valence-electron chi connectivity index (χ4n) is 2.94. The number of halogens is 2.